The third kappa shape index (κ3) is 4.17. The minimum Gasteiger partial charge on any atom is -0.352 e. The van der Waals surface area contributed by atoms with Crippen LogP contribution in [0.2, 0.25) is 0 Å². The lowest BCUT2D eigenvalue weighted by molar-refractivity contribution is -0.120. The molecule has 0 unspecified atom stereocenters. The van der Waals surface area contributed by atoms with Crippen molar-refractivity contribution >= 4 is 5.91 Å². The molecule has 0 saturated carbocycles. The van der Waals surface area contributed by atoms with Crippen molar-refractivity contribution in [1.29, 1.82) is 0 Å². The molecular weight excluding hydrogens is 255 g/mol. The van der Waals surface area contributed by atoms with Crippen LogP contribution < -0.4 is 11.1 Å². The summed E-state index contributed by atoms with van der Waals surface area (Å²) in [6, 6.07) is 13.7. The summed E-state index contributed by atoms with van der Waals surface area (Å²) in [4.78, 5) is 11.8. The van der Waals surface area contributed by atoms with Crippen molar-refractivity contribution in [3.8, 4) is 0 Å². The van der Waals surface area contributed by atoms with Crippen LogP contribution in [0.15, 0.2) is 48.5 Å². The summed E-state index contributed by atoms with van der Waals surface area (Å²) in [7, 11) is 0. The lowest BCUT2D eigenvalue weighted by atomic mass is 10.1. The van der Waals surface area contributed by atoms with E-state index in [9.17, 15) is 9.18 Å². The number of carbonyl (C=O) groups is 1. The number of benzene rings is 2. The fourth-order valence-corrected chi connectivity index (χ4v) is 1.92. The van der Waals surface area contributed by atoms with Gasteiger partial charge in [-0.3, -0.25) is 4.79 Å². The summed E-state index contributed by atoms with van der Waals surface area (Å²) in [5, 5.41) is 2.84. The second-order valence-corrected chi connectivity index (χ2v) is 4.60. The first-order valence-corrected chi connectivity index (χ1v) is 6.46. The first kappa shape index (κ1) is 14.2. The molecular formula is C16H17FN2O. The van der Waals surface area contributed by atoms with Crippen molar-refractivity contribution < 1.29 is 9.18 Å². The quantitative estimate of drug-likeness (QED) is 0.876. The summed E-state index contributed by atoms with van der Waals surface area (Å²) >= 11 is 0. The van der Waals surface area contributed by atoms with Crippen molar-refractivity contribution in [2.24, 2.45) is 5.73 Å². The predicted octanol–water partition coefficient (Wildman–Crippen LogP) is 2.14. The number of amides is 1. The van der Waals surface area contributed by atoms with E-state index in [-0.39, 0.29) is 18.1 Å². The molecule has 0 saturated heterocycles. The number of hydrogen-bond donors (Lipinski definition) is 2. The van der Waals surface area contributed by atoms with Crippen LogP contribution in [-0.2, 0) is 24.3 Å². The van der Waals surface area contributed by atoms with Crippen molar-refractivity contribution in [2.45, 2.75) is 19.5 Å². The molecule has 0 fully saturated rings. The summed E-state index contributed by atoms with van der Waals surface area (Å²) in [6.45, 7) is 0.950. The van der Waals surface area contributed by atoms with Crippen LogP contribution in [-0.4, -0.2) is 5.91 Å². The van der Waals surface area contributed by atoms with E-state index in [1.807, 2.05) is 24.3 Å². The van der Waals surface area contributed by atoms with E-state index in [1.165, 1.54) is 12.1 Å². The van der Waals surface area contributed by atoms with E-state index < -0.39 is 0 Å². The zero-order valence-electron chi connectivity index (χ0n) is 11.1. The molecule has 0 aliphatic carbocycles. The second kappa shape index (κ2) is 6.82. The summed E-state index contributed by atoms with van der Waals surface area (Å²) in [5.41, 5.74) is 8.41. The van der Waals surface area contributed by atoms with Crippen LogP contribution in [0.3, 0.4) is 0 Å². The first-order valence-electron chi connectivity index (χ1n) is 6.46. The molecule has 0 heterocycles. The van der Waals surface area contributed by atoms with Gasteiger partial charge in [0.1, 0.15) is 5.82 Å². The Morgan fingerprint density at radius 2 is 1.75 bits per heavy atom. The Bertz CT molecular complexity index is 581. The standard InChI is InChI=1S/C16H17FN2O/c17-15-6-4-12(5-7-15)9-16(20)19-11-14-3-1-2-13(8-14)10-18/h1-8H,9-11,18H2,(H,19,20). The van der Waals surface area contributed by atoms with Gasteiger partial charge < -0.3 is 11.1 Å². The molecule has 2 aromatic carbocycles. The second-order valence-electron chi connectivity index (χ2n) is 4.60. The molecule has 0 aliphatic heterocycles. The van der Waals surface area contributed by atoms with Gasteiger partial charge in [0.15, 0.2) is 0 Å². The van der Waals surface area contributed by atoms with Crippen molar-refractivity contribution in [3.05, 3.63) is 71.0 Å². The van der Waals surface area contributed by atoms with Gasteiger partial charge >= 0.3 is 0 Å². The molecule has 0 aromatic heterocycles. The van der Waals surface area contributed by atoms with Gasteiger partial charge in [-0.15, -0.1) is 0 Å². The first-order chi connectivity index (χ1) is 9.67. The van der Waals surface area contributed by atoms with Gasteiger partial charge in [-0.1, -0.05) is 36.4 Å². The summed E-state index contributed by atoms with van der Waals surface area (Å²) in [6.07, 6.45) is 0.247. The van der Waals surface area contributed by atoms with E-state index in [1.54, 1.807) is 12.1 Å². The van der Waals surface area contributed by atoms with Crippen LogP contribution in [0, 0.1) is 5.82 Å². The largest absolute Gasteiger partial charge is 0.352 e. The molecule has 3 N–H and O–H groups in total. The zero-order valence-corrected chi connectivity index (χ0v) is 11.1. The van der Waals surface area contributed by atoms with Gasteiger partial charge in [-0.2, -0.15) is 0 Å². The van der Waals surface area contributed by atoms with Gasteiger partial charge in [0.2, 0.25) is 5.91 Å². The van der Waals surface area contributed by atoms with Crippen molar-refractivity contribution in [3.63, 3.8) is 0 Å². The predicted molar refractivity (Wildman–Crippen MR) is 76.3 cm³/mol. The third-order valence-corrected chi connectivity index (χ3v) is 2.99. The van der Waals surface area contributed by atoms with Crippen LogP contribution in [0.5, 0.6) is 0 Å². The lowest BCUT2D eigenvalue weighted by Crippen LogP contribution is -2.24. The molecule has 0 spiro atoms. The molecule has 0 radical (unpaired) electrons. The Hall–Kier alpha value is -2.20. The van der Waals surface area contributed by atoms with Gasteiger partial charge in [0.05, 0.1) is 6.42 Å². The molecule has 0 bridgehead atoms. The monoisotopic (exact) mass is 272 g/mol. The Labute approximate surface area is 117 Å². The highest BCUT2D eigenvalue weighted by atomic mass is 19.1. The molecule has 1 amide bonds. The Kier molecular flexibility index (Phi) is 4.85. The van der Waals surface area contributed by atoms with E-state index >= 15 is 0 Å². The highest BCUT2D eigenvalue weighted by molar-refractivity contribution is 5.78. The number of carbonyl (C=O) groups excluding carboxylic acids is 1. The van der Waals surface area contributed by atoms with E-state index in [4.69, 9.17) is 5.73 Å². The Morgan fingerprint density at radius 1 is 1.05 bits per heavy atom. The average molecular weight is 272 g/mol. The molecule has 104 valence electrons. The fourth-order valence-electron chi connectivity index (χ4n) is 1.92. The summed E-state index contributed by atoms with van der Waals surface area (Å²) < 4.78 is 12.8. The Morgan fingerprint density at radius 3 is 2.45 bits per heavy atom. The third-order valence-electron chi connectivity index (χ3n) is 2.99. The number of nitrogens with two attached hydrogens (primary N) is 1. The molecule has 0 atom stereocenters. The maximum atomic E-state index is 12.8. The highest BCUT2D eigenvalue weighted by Crippen LogP contribution is 2.06. The maximum Gasteiger partial charge on any atom is 0.224 e. The number of halogens is 1. The minimum atomic E-state index is -0.298. The minimum absolute atomic E-state index is 0.0882. The van der Waals surface area contributed by atoms with E-state index in [2.05, 4.69) is 5.32 Å². The number of hydrogen-bond acceptors (Lipinski definition) is 2. The SMILES string of the molecule is NCc1cccc(CNC(=O)Cc2ccc(F)cc2)c1. The van der Waals surface area contributed by atoms with Crippen LogP contribution >= 0.6 is 0 Å². The molecule has 4 heteroatoms. The fraction of sp³-hybridized carbons (Fsp3) is 0.188. The molecule has 2 rings (SSSR count). The Balaban J connectivity index is 1.87. The molecule has 2 aromatic rings. The highest BCUT2D eigenvalue weighted by Gasteiger charge is 2.04. The van der Waals surface area contributed by atoms with Crippen LogP contribution in [0.25, 0.3) is 0 Å². The van der Waals surface area contributed by atoms with Crippen LogP contribution in [0.1, 0.15) is 16.7 Å². The lowest BCUT2D eigenvalue weighted by Gasteiger charge is -2.07. The zero-order chi connectivity index (χ0) is 14.4. The van der Waals surface area contributed by atoms with Gasteiger partial charge in [0.25, 0.3) is 0 Å². The average Bonchev–Trinajstić information content (AvgIpc) is 2.48. The van der Waals surface area contributed by atoms with Crippen molar-refractivity contribution in [1.82, 2.24) is 5.32 Å². The molecule has 20 heavy (non-hydrogen) atoms. The van der Waals surface area contributed by atoms with Gasteiger partial charge in [-0.25, -0.2) is 4.39 Å². The normalized spacial score (nSPS) is 10.3. The number of nitrogens with one attached hydrogen (secondary N) is 1. The topological polar surface area (TPSA) is 55.1 Å². The van der Waals surface area contributed by atoms with Crippen LogP contribution in [0.4, 0.5) is 4.39 Å². The van der Waals surface area contributed by atoms with E-state index in [0.717, 1.165) is 16.7 Å². The van der Waals surface area contributed by atoms with Gasteiger partial charge in [0, 0.05) is 13.1 Å². The smallest absolute Gasteiger partial charge is 0.224 e. The van der Waals surface area contributed by atoms with Crippen molar-refractivity contribution in [2.75, 3.05) is 0 Å². The maximum absolute atomic E-state index is 12.8. The molecule has 0 aliphatic rings. The number of rotatable bonds is 5. The summed E-state index contributed by atoms with van der Waals surface area (Å²) in [5.74, 6) is -0.387. The van der Waals surface area contributed by atoms with Gasteiger partial charge in [-0.05, 0) is 28.8 Å². The van der Waals surface area contributed by atoms with E-state index in [0.29, 0.717) is 13.1 Å². The molecule has 3 nitrogen and oxygen atoms in total.